The molecule has 0 aromatic carbocycles. The van der Waals surface area contributed by atoms with E-state index < -0.39 is 6.10 Å². The van der Waals surface area contributed by atoms with Crippen molar-refractivity contribution in [2.75, 3.05) is 19.7 Å². The van der Waals surface area contributed by atoms with Crippen molar-refractivity contribution < 1.29 is 14.6 Å². The van der Waals surface area contributed by atoms with E-state index in [0.717, 1.165) is 11.4 Å². The van der Waals surface area contributed by atoms with E-state index in [-0.39, 0.29) is 11.8 Å². The van der Waals surface area contributed by atoms with Crippen LogP contribution in [0.15, 0.2) is 24.4 Å². The summed E-state index contributed by atoms with van der Waals surface area (Å²) in [6.07, 6.45) is 1.68. The Morgan fingerprint density at radius 1 is 1.50 bits per heavy atom. The van der Waals surface area contributed by atoms with E-state index in [4.69, 9.17) is 4.74 Å². The minimum atomic E-state index is -0.557. The highest BCUT2D eigenvalue weighted by atomic mass is 16.5. The number of carbonyl (C=O) groups is 1. The van der Waals surface area contributed by atoms with Crippen molar-refractivity contribution in [3.8, 4) is 5.88 Å². The van der Waals surface area contributed by atoms with Crippen LogP contribution < -0.4 is 4.74 Å². The van der Waals surface area contributed by atoms with Crippen molar-refractivity contribution >= 4 is 5.91 Å². The van der Waals surface area contributed by atoms with Crippen LogP contribution in [0.4, 0.5) is 0 Å². The number of aliphatic hydroxyl groups is 1. The van der Waals surface area contributed by atoms with E-state index >= 15 is 0 Å². The van der Waals surface area contributed by atoms with Gasteiger partial charge in [-0.2, -0.15) is 5.10 Å². The van der Waals surface area contributed by atoms with E-state index in [9.17, 15) is 9.90 Å². The van der Waals surface area contributed by atoms with E-state index in [2.05, 4.69) is 15.2 Å². The van der Waals surface area contributed by atoms with E-state index in [1.807, 2.05) is 19.9 Å². The van der Waals surface area contributed by atoms with Gasteiger partial charge in [0.25, 0.3) is 5.91 Å². The quantitative estimate of drug-likeness (QED) is 0.859. The third-order valence-corrected chi connectivity index (χ3v) is 4.21. The summed E-state index contributed by atoms with van der Waals surface area (Å²) < 4.78 is 5.43. The van der Waals surface area contributed by atoms with E-state index in [1.54, 1.807) is 23.2 Å². The highest BCUT2D eigenvalue weighted by Gasteiger charge is 2.35. The number of hydrogen-bond donors (Lipinski definition) is 2. The Balaban J connectivity index is 1.71. The highest BCUT2D eigenvalue weighted by Crippen LogP contribution is 2.25. The fourth-order valence-corrected chi connectivity index (χ4v) is 3.04. The topological polar surface area (TPSA) is 91.3 Å². The average molecular weight is 330 g/mol. The number of aromatic amines is 1. The van der Waals surface area contributed by atoms with E-state index in [0.29, 0.717) is 37.6 Å². The molecule has 0 saturated carbocycles. The average Bonchev–Trinajstić information content (AvgIpc) is 3.14. The van der Waals surface area contributed by atoms with Crippen molar-refractivity contribution in [2.24, 2.45) is 5.92 Å². The molecule has 1 aliphatic heterocycles. The van der Waals surface area contributed by atoms with Gasteiger partial charge < -0.3 is 14.7 Å². The molecule has 2 aromatic heterocycles. The maximum Gasteiger partial charge on any atom is 0.259 e. The lowest BCUT2D eigenvalue weighted by atomic mass is 10.0. The zero-order valence-corrected chi connectivity index (χ0v) is 13.9. The van der Waals surface area contributed by atoms with Crippen LogP contribution in [0.5, 0.6) is 5.88 Å². The fraction of sp³-hybridized carbons (Fsp3) is 0.471. The van der Waals surface area contributed by atoms with Crippen LogP contribution in [0, 0.1) is 12.8 Å². The zero-order chi connectivity index (χ0) is 17.1. The molecular weight excluding hydrogens is 308 g/mol. The SMILES string of the molecule is CCOc1ncccc1C(=O)N1C[C@@H](Cc2cc(C)[nH]n2)[C@H](O)C1. The van der Waals surface area contributed by atoms with Gasteiger partial charge >= 0.3 is 0 Å². The number of aromatic nitrogens is 3. The summed E-state index contributed by atoms with van der Waals surface area (Å²) in [5, 5.41) is 17.4. The minimum absolute atomic E-state index is 0.0242. The standard InChI is InChI=1S/C17H22N4O3/c1-3-24-16-14(5-4-6-18-16)17(23)21-9-12(15(22)10-21)8-13-7-11(2)19-20-13/h4-7,12,15,22H,3,8-10H2,1-2H3,(H,19,20)/t12-,15-/m1/s1. The van der Waals surface area contributed by atoms with Gasteiger partial charge in [0, 0.05) is 30.9 Å². The lowest BCUT2D eigenvalue weighted by molar-refractivity contribution is 0.0759. The number of rotatable bonds is 5. The van der Waals surface area contributed by atoms with Crippen LogP contribution in [0.3, 0.4) is 0 Å². The lowest BCUT2D eigenvalue weighted by Crippen LogP contribution is -2.30. The molecule has 2 atom stereocenters. The number of hydrogen-bond acceptors (Lipinski definition) is 5. The molecule has 2 aromatic rings. The molecule has 128 valence electrons. The Bertz CT molecular complexity index is 715. The first-order valence-corrected chi connectivity index (χ1v) is 8.14. The Labute approximate surface area is 140 Å². The van der Waals surface area contributed by atoms with Gasteiger partial charge in [0.15, 0.2) is 0 Å². The van der Waals surface area contributed by atoms with Gasteiger partial charge in [-0.3, -0.25) is 9.89 Å². The maximum atomic E-state index is 12.8. The summed E-state index contributed by atoms with van der Waals surface area (Å²) in [5.41, 5.74) is 2.33. The molecular formula is C17H22N4O3. The van der Waals surface area contributed by atoms with Crippen molar-refractivity contribution in [2.45, 2.75) is 26.4 Å². The second kappa shape index (κ2) is 7.00. The summed E-state index contributed by atoms with van der Waals surface area (Å²) in [5.74, 6) is 0.154. The molecule has 3 heterocycles. The van der Waals surface area contributed by atoms with Crippen molar-refractivity contribution in [1.29, 1.82) is 0 Å². The van der Waals surface area contributed by atoms with Crippen molar-refractivity contribution in [3.05, 3.63) is 41.3 Å². The summed E-state index contributed by atoms with van der Waals surface area (Å²) in [7, 11) is 0. The normalized spacial score (nSPS) is 20.4. The number of amides is 1. The molecule has 1 aliphatic rings. The number of aryl methyl sites for hydroxylation is 1. The highest BCUT2D eigenvalue weighted by molar-refractivity contribution is 5.96. The summed E-state index contributed by atoms with van der Waals surface area (Å²) in [4.78, 5) is 18.5. The lowest BCUT2D eigenvalue weighted by Gasteiger charge is -2.17. The number of β-amino-alcohol motifs (C(OH)–C–C–N with tert-alkyl or cyclic N) is 1. The molecule has 0 radical (unpaired) electrons. The molecule has 3 rings (SSSR count). The molecule has 2 N–H and O–H groups in total. The first kappa shape index (κ1) is 16.4. The van der Waals surface area contributed by atoms with Crippen LogP contribution in [0.1, 0.15) is 28.7 Å². The van der Waals surface area contributed by atoms with Crippen molar-refractivity contribution in [3.63, 3.8) is 0 Å². The van der Waals surface area contributed by atoms with Crippen LogP contribution in [0.25, 0.3) is 0 Å². The zero-order valence-electron chi connectivity index (χ0n) is 13.9. The number of aliphatic hydroxyl groups excluding tert-OH is 1. The van der Waals surface area contributed by atoms with Gasteiger partial charge in [0.1, 0.15) is 5.56 Å². The first-order chi connectivity index (χ1) is 11.6. The van der Waals surface area contributed by atoms with Gasteiger partial charge in [0.05, 0.1) is 18.4 Å². The summed E-state index contributed by atoms with van der Waals surface area (Å²) in [6, 6.07) is 5.38. The molecule has 0 bridgehead atoms. The molecule has 1 fully saturated rings. The van der Waals surface area contributed by atoms with Gasteiger partial charge in [-0.1, -0.05) is 0 Å². The Morgan fingerprint density at radius 2 is 2.33 bits per heavy atom. The van der Waals surface area contributed by atoms with E-state index in [1.165, 1.54) is 0 Å². The number of pyridine rings is 1. The van der Waals surface area contributed by atoms with Gasteiger partial charge in [-0.15, -0.1) is 0 Å². The molecule has 7 nitrogen and oxygen atoms in total. The van der Waals surface area contributed by atoms with Gasteiger partial charge in [-0.05, 0) is 38.5 Å². The van der Waals surface area contributed by atoms with Gasteiger partial charge in [0.2, 0.25) is 5.88 Å². The number of ether oxygens (including phenoxy) is 1. The monoisotopic (exact) mass is 330 g/mol. The molecule has 0 aliphatic carbocycles. The second-order valence-corrected chi connectivity index (χ2v) is 6.07. The Morgan fingerprint density at radius 3 is 3.04 bits per heavy atom. The largest absolute Gasteiger partial charge is 0.477 e. The number of H-pyrrole nitrogens is 1. The molecule has 24 heavy (non-hydrogen) atoms. The van der Waals surface area contributed by atoms with Crippen molar-refractivity contribution in [1.82, 2.24) is 20.1 Å². The second-order valence-electron chi connectivity index (χ2n) is 6.07. The number of carbonyl (C=O) groups excluding carboxylic acids is 1. The van der Waals surface area contributed by atoms with Crippen LogP contribution in [0.2, 0.25) is 0 Å². The molecule has 7 heteroatoms. The minimum Gasteiger partial charge on any atom is -0.477 e. The Hall–Kier alpha value is -2.41. The molecule has 1 saturated heterocycles. The van der Waals surface area contributed by atoms with Crippen LogP contribution in [-0.4, -0.2) is 56.9 Å². The first-order valence-electron chi connectivity index (χ1n) is 8.14. The fourth-order valence-electron chi connectivity index (χ4n) is 3.04. The Kier molecular flexibility index (Phi) is 4.80. The number of nitrogens with one attached hydrogen (secondary N) is 1. The smallest absolute Gasteiger partial charge is 0.259 e. The predicted molar refractivity (Wildman–Crippen MR) is 87.8 cm³/mol. The third-order valence-electron chi connectivity index (χ3n) is 4.21. The molecule has 0 spiro atoms. The third kappa shape index (κ3) is 3.41. The van der Waals surface area contributed by atoms with Gasteiger partial charge in [-0.25, -0.2) is 4.98 Å². The maximum absolute atomic E-state index is 12.8. The van der Waals surface area contributed by atoms with Crippen LogP contribution in [-0.2, 0) is 6.42 Å². The predicted octanol–water partition coefficient (Wildman–Crippen LogP) is 1.19. The number of likely N-dealkylation sites (tertiary alicyclic amines) is 1. The summed E-state index contributed by atoms with van der Waals surface area (Å²) in [6.45, 7) is 5.04. The number of nitrogens with zero attached hydrogens (tertiary/aromatic N) is 3. The molecule has 1 amide bonds. The summed E-state index contributed by atoms with van der Waals surface area (Å²) >= 11 is 0. The molecule has 0 unspecified atom stereocenters. The van der Waals surface area contributed by atoms with Crippen LogP contribution >= 0.6 is 0 Å².